The number of morpholine rings is 1. The molecule has 4 aromatic rings. The van der Waals surface area contributed by atoms with Gasteiger partial charge in [0.15, 0.2) is 5.65 Å². The monoisotopic (exact) mass is 561 g/mol. The fourth-order valence-corrected chi connectivity index (χ4v) is 5.26. The number of carbonyl (C=O) groups excluding carboxylic acids is 2. The third kappa shape index (κ3) is 4.99. The lowest BCUT2D eigenvalue weighted by molar-refractivity contribution is -0.137. The van der Waals surface area contributed by atoms with Gasteiger partial charge in [-0.05, 0) is 25.1 Å². The van der Waals surface area contributed by atoms with Crippen molar-refractivity contribution in [2.45, 2.75) is 19.5 Å². The van der Waals surface area contributed by atoms with Crippen molar-refractivity contribution in [1.82, 2.24) is 39.8 Å². The van der Waals surface area contributed by atoms with E-state index in [1.807, 2.05) is 22.9 Å². The predicted molar refractivity (Wildman–Crippen MR) is 147 cm³/mol. The summed E-state index contributed by atoms with van der Waals surface area (Å²) in [4.78, 5) is 42.0. The fourth-order valence-electron chi connectivity index (χ4n) is 5.10. The van der Waals surface area contributed by atoms with Crippen LogP contribution >= 0.6 is 11.6 Å². The van der Waals surface area contributed by atoms with Crippen molar-refractivity contribution >= 4 is 45.5 Å². The average molecular weight is 562 g/mol. The lowest BCUT2D eigenvalue weighted by atomic mass is 10.0. The van der Waals surface area contributed by atoms with Crippen molar-refractivity contribution in [1.29, 1.82) is 5.26 Å². The van der Waals surface area contributed by atoms with Gasteiger partial charge >= 0.3 is 0 Å². The second kappa shape index (κ2) is 10.8. The Morgan fingerprint density at radius 2 is 2.08 bits per heavy atom. The SMILES string of the molecule is C[C@@H](NC(=O)c1c[nH]c2ncc(-c3nn(CCN4CCOCC4)c4cc(Cl)ccc34)nc12)C(=O)N1CC(C#N)C1. The number of aromatic nitrogens is 5. The van der Waals surface area contributed by atoms with Crippen LogP contribution in [0.5, 0.6) is 0 Å². The smallest absolute Gasteiger partial charge is 0.255 e. The fraction of sp³-hybridized carbons (Fsp3) is 0.407. The van der Waals surface area contributed by atoms with Crippen molar-refractivity contribution in [2.75, 3.05) is 45.9 Å². The lowest BCUT2D eigenvalue weighted by Gasteiger charge is -2.37. The number of likely N-dealkylation sites (tertiary alicyclic amines) is 1. The number of H-pyrrole nitrogens is 1. The van der Waals surface area contributed by atoms with E-state index < -0.39 is 11.9 Å². The van der Waals surface area contributed by atoms with E-state index in [0.29, 0.717) is 47.2 Å². The minimum absolute atomic E-state index is 0.149. The van der Waals surface area contributed by atoms with E-state index in [0.717, 1.165) is 43.8 Å². The molecule has 0 unspecified atom stereocenters. The third-order valence-electron chi connectivity index (χ3n) is 7.41. The molecule has 2 amide bonds. The molecule has 0 spiro atoms. The molecule has 1 aromatic carbocycles. The summed E-state index contributed by atoms with van der Waals surface area (Å²) in [6.45, 7) is 7.12. The number of carbonyl (C=O) groups is 2. The molecule has 0 bridgehead atoms. The molecule has 6 rings (SSSR count). The number of rotatable bonds is 7. The number of halogens is 1. The minimum Gasteiger partial charge on any atom is -0.379 e. The van der Waals surface area contributed by atoms with Gasteiger partial charge in [0.25, 0.3) is 5.91 Å². The molecule has 2 saturated heterocycles. The van der Waals surface area contributed by atoms with Crippen molar-refractivity contribution in [3.05, 3.63) is 41.2 Å². The van der Waals surface area contributed by atoms with Gasteiger partial charge < -0.3 is 19.9 Å². The average Bonchev–Trinajstić information content (AvgIpc) is 3.52. The maximum Gasteiger partial charge on any atom is 0.255 e. The van der Waals surface area contributed by atoms with Gasteiger partial charge in [-0.25, -0.2) is 9.97 Å². The van der Waals surface area contributed by atoms with Gasteiger partial charge in [-0.1, -0.05) is 11.6 Å². The van der Waals surface area contributed by atoms with Crippen LogP contribution < -0.4 is 5.32 Å². The molecule has 0 radical (unpaired) electrons. The first-order valence-corrected chi connectivity index (χ1v) is 13.6. The highest BCUT2D eigenvalue weighted by molar-refractivity contribution is 6.31. The molecule has 40 heavy (non-hydrogen) atoms. The Labute approximate surface area is 234 Å². The molecule has 12 nitrogen and oxygen atoms in total. The van der Waals surface area contributed by atoms with E-state index in [2.05, 4.69) is 26.3 Å². The van der Waals surface area contributed by atoms with Gasteiger partial charge in [-0.15, -0.1) is 0 Å². The van der Waals surface area contributed by atoms with Gasteiger partial charge in [-0.3, -0.25) is 19.2 Å². The van der Waals surface area contributed by atoms with Crippen molar-refractivity contribution in [2.24, 2.45) is 5.92 Å². The Morgan fingerprint density at radius 3 is 2.85 bits per heavy atom. The van der Waals surface area contributed by atoms with E-state index in [4.69, 9.17) is 31.7 Å². The normalized spacial score (nSPS) is 17.1. The number of hydrogen-bond acceptors (Lipinski definition) is 8. The van der Waals surface area contributed by atoms with Crippen molar-refractivity contribution in [3.63, 3.8) is 0 Å². The molecule has 0 aliphatic carbocycles. The topological polar surface area (TPSA) is 145 Å². The van der Waals surface area contributed by atoms with Crippen LogP contribution in [0.15, 0.2) is 30.6 Å². The first-order valence-electron chi connectivity index (χ1n) is 13.2. The quantitative estimate of drug-likeness (QED) is 0.349. The van der Waals surface area contributed by atoms with E-state index in [1.165, 1.54) is 6.20 Å². The first-order chi connectivity index (χ1) is 19.4. The van der Waals surface area contributed by atoms with Gasteiger partial charge in [0.2, 0.25) is 5.91 Å². The number of hydrogen-bond donors (Lipinski definition) is 2. The number of nitrogens with one attached hydrogen (secondary N) is 2. The van der Waals surface area contributed by atoms with Gasteiger partial charge in [0.05, 0.1) is 49.0 Å². The van der Waals surface area contributed by atoms with E-state index in [-0.39, 0.29) is 17.4 Å². The van der Waals surface area contributed by atoms with Crippen LogP contribution in [-0.2, 0) is 16.1 Å². The Bertz CT molecular complexity index is 1630. The highest BCUT2D eigenvalue weighted by Gasteiger charge is 2.33. The molecule has 206 valence electrons. The molecule has 2 aliphatic heterocycles. The van der Waals surface area contributed by atoms with Gasteiger partial charge in [0.1, 0.15) is 22.9 Å². The van der Waals surface area contributed by atoms with E-state index >= 15 is 0 Å². The van der Waals surface area contributed by atoms with Crippen LogP contribution in [0.2, 0.25) is 5.02 Å². The van der Waals surface area contributed by atoms with Crippen molar-refractivity contribution in [3.8, 4) is 17.5 Å². The summed E-state index contributed by atoms with van der Waals surface area (Å²) >= 11 is 6.34. The van der Waals surface area contributed by atoms with Gasteiger partial charge in [-0.2, -0.15) is 10.4 Å². The second-order valence-electron chi connectivity index (χ2n) is 10.1. The lowest BCUT2D eigenvalue weighted by Crippen LogP contribution is -2.55. The summed E-state index contributed by atoms with van der Waals surface area (Å²) < 4.78 is 7.39. The van der Waals surface area contributed by atoms with Crippen LogP contribution in [0.25, 0.3) is 33.5 Å². The minimum atomic E-state index is -0.746. The number of nitriles is 1. The van der Waals surface area contributed by atoms with Crippen molar-refractivity contribution < 1.29 is 14.3 Å². The summed E-state index contributed by atoms with van der Waals surface area (Å²) in [6.07, 6.45) is 3.17. The Morgan fingerprint density at radius 1 is 1.27 bits per heavy atom. The molecule has 2 aliphatic rings. The maximum atomic E-state index is 13.2. The molecule has 3 aromatic heterocycles. The first kappa shape index (κ1) is 26.2. The largest absolute Gasteiger partial charge is 0.379 e. The zero-order chi connectivity index (χ0) is 27.8. The van der Waals surface area contributed by atoms with Crippen LogP contribution in [0.4, 0.5) is 0 Å². The molecule has 2 fully saturated rings. The molecule has 0 saturated carbocycles. The zero-order valence-corrected chi connectivity index (χ0v) is 22.7. The molecular formula is C27H28ClN9O3. The van der Waals surface area contributed by atoms with Crippen LogP contribution in [0, 0.1) is 17.2 Å². The molecule has 1 atom stereocenters. The standard InChI is InChI=1S/C27H28ClN9O3/c1-16(27(39)36-14-17(11-29)15-36)32-26(38)20-12-30-25-24(20)33-21(13-31-25)23-19-3-2-18(28)10-22(19)37(34-23)5-4-35-6-8-40-9-7-35/h2-3,10,12-13,16-17H,4-9,14-15H2,1H3,(H,30,31)(H,32,38)/t16-/m1/s1. The second-order valence-corrected chi connectivity index (χ2v) is 10.5. The van der Waals surface area contributed by atoms with Crippen LogP contribution in [0.3, 0.4) is 0 Å². The molecule has 5 heterocycles. The molecule has 2 N–H and O–H groups in total. The Balaban J connectivity index is 1.26. The number of benzene rings is 1. The van der Waals surface area contributed by atoms with Gasteiger partial charge in [0, 0.05) is 49.3 Å². The predicted octanol–water partition coefficient (Wildman–Crippen LogP) is 2.06. The summed E-state index contributed by atoms with van der Waals surface area (Å²) in [5.74, 6) is -0.813. The van der Waals surface area contributed by atoms with Crippen LogP contribution in [0.1, 0.15) is 17.3 Å². The van der Waals surface area contributed by atoms with Crippen LogP contribution in [-0.4, -0.2) is 98.3 Å². The third-order valence-corrected chi connectivity index (χ3v) is 7.64. The number of aromatic amines is 1. The Hall–Kier alpha value is -4.05. The number of amides is 2. The highest BCUT2D eigenvalue weighted by atomic mass is 35.5. The maximum absolute atomic E-state index is 13.2. The number of fused-ring (bicyclic) bond motifs is 2. The molecule has 13 heteroatoms. The molecular weight excluding hydrogens is 534 g/mol. The summed E-state index contributed by atoms with van der Waals surface area (Å²) in [5, 5.41) is 18.1. The summed E-state index contributed by atoms with van der Waals surface area (Å²) in [6, 6.07) is 7.03. The number of ether oxygens (including phenoxy) is 1. The Kier molecular flexibility index (Phi) is 7.10. The summed E-state index contributed by atoms with van der Waals surface area (Å²) in [7, 11) is 0. The number of nitrogens with zero attached hydrogens (tertiary/aromatic N) is 7. The van der Waals surface area contributed by atoms with E-state index in [9.17, 15) is 9.59 Å². The van der Waals surface area contributed by atoms with E-state index in [1.54, 1.807) is 18.0 Å². The summed E-state index contributed by atoms with van der Waals surface area (Å²) in [5.41, 5.74) is 3.16. The zero-order valence-electron chi connectivity index (χ0n) is 21.9. The highest BCUT2D eigenvalue weighted by Crippen LogP contribution is 2.30.